The van der Waals surface area contributed by atoms with E-state index < -0.39 is 5.82 Å². The predicted octanol–water partition coefficient (Wildman–Crippen LogP) is 2.19. The molecule has 2 aromatic carbocycles. The van der Waals surface area contributed by atoms with E-state index >= 15 is 0 Å². The monoisotopic (exact) mass is 423 g/mol. The first kappa shape index (κ1) is 20.7. The number of halogens is 1. The van der Waals surface area contributed by atoms with Crippen molar-refractivity contribution in [2.45, 2.75) is 12.8 Å². The van der Waals surface area contributed by atoms with Crippen LogP contribution in [0.4, 0.5) is 4.39 Å². The van der Waals surface area contributed by atoms with Gasteiger partial charge in [0, 0.05) is 39.1 Å². The van der Waals surface area contributed by atoms with Crippen LogP contribution in [0.15, 0.2) is 48.5 Å². The number of fused-ring (bicyclic) bond motifs is 1. The zero-order valence-corrected chi connectivity index (χ0v) is 16.9. The lowest BCUT2D eigenvalue weighted by Gasteiger charge is -2.35. The summed E-state index contributed by atoms with van der Waals surface area (Å²) >= 11 is 0. The molecular formula is C23H22FN3O4. The number of hydrogen-bond acceptors (Lipinski definition) is 4. The average molecular weight is 423 g/mol. The number of carbonyl (C=O) groups is 4. The Kier molecular flexibility index (Phi) is 5.79. The van der Waals surface area contributed by atoms with E-state index in [2.05, 4.69) is 0 Å². The van der Waals surface area contributed by atoms with Crippen LogP contribution in [0.25, 0.3) is 0 Å². The SMILES string of the molecule is O=C(CCCN1C(=O)c2ccccc2C1=O)N1CCN(C(=O)c2ccccc2F)CC1. The molecule has 0 radical (unpaired) electrons. The number of imide groups is 1. The van der Waals surface area contributed by atoms with Crippen molar-refractivity contribution in [1.29, 1.82) is 0 Å². The van der Waals surface area contributed by atoms with Gasteiger partial charge < -0.3 is 9.80 Å². The number of nitrogens with zero attached hydrogens (tertiary/aromatic N) is 3. The fraction of sp³-hybridized carbons (Fsp3) is 0.304. The molecule has 2 aliphatic rings. The second-order valence-corrected chi connectivity index (χ2v) is 7.56. The van der Waals surface area contributed by atoms with E-state index in [1.165, 1.54) is 23.1 Å². The van der Waals surface area contributed by atoms with Crippen LogP contribution in [-0.2, 0) is 4.79 Å². The van der Waals surface area contributed by atoms with Gasteiger partial charge in [-0.2, -0.15) is 0 Å². The molecule has 4 amide bonds. The minimum absolute atomic E-state index is 0.0308. The van der Waals surface area contributed by atoms with E-state index in [1.54, 1.807) is 40.1 Å². The maximum Gasteiger partial charge on any atom is 0.261 e. The molecule has 31 heavy (non-hydrogen) atoms. The lowest BCUT2D eigenvalue weighted by atomic mass is 10.1. The Balaban J connectivity index is 1.25. The van der Waals surface area contributed by atoms with Crippen molar-refractivity contribution in [1.82, 2.24) is 14.7 Å². The molecule has 160 valence electrons. The van der Waals surface area contributed by atoms with Crippen molar-refractivity contribution >= 4 is 23.6 Å². The zero-order chi connectivity index (χ0) is 22.0. The summed E-state index contributed by atoms with van der Waals surface area (Å²) in [4.78, 5) is 54.1. The molecule has 0 aliphatic carbocycles. The van der Waals surface area contributed by atoms with E-state index in [0.29, 0.717) is 43.7 Å². The Bertz CT molecular complexity index is 1010. The lowest BCUT2D eigenvalue weighted by molar-refractivity contribution is -0.132. The van der Waals surface area contributed by atoms with Gasteiger partial charge >= 0.3 is 0 Å². The minimum atomic E-state index is -0.556. The standard InChI is InChI=1S/C23H22FN3O4/c24-19-9-4-3-8-18(19)21(29)26-14-12-25(13-15-26)20(28)10-5-11-27-22(30)16-6-1-2-7-17(16)23(27)31/h1-4,6-9H,5,10-15H2. The van der Waals surface area contributed by atoms with E-state index in [9.17, 15) is 23.6 Å². The Hall–Kier alpha value is -3.55. The Morgan fingerprint density at radius 3 is 1.97 bits per heavy atom. The molecule has 0 unspecified atom stereocenters. The van der Waals surface area contributed by atoms with Crippen molar-refractivity contribution < 1.29 is 23.6 Å². The van der Waals surface area contributed by atoms with Crippen molar-refractivity contribution in [2.75, 3.05) is 32.7 Å². The smallest absolute Gasteiger partial charge is 0.261 e. The number of hydrogen-bond donors (Lipinski definition) is 0. The molecule has 0 saturated carbocycles. The van der Waals surface area contributed by atoms with Gasteiger partial charge in [0.05, 0.1) is 16.7 Å². The van der Waals surface area contributed by atoms with Crippen molar-refractivity contribution in [3.8, 4) is 0 Å². The van der Waals surface area contributed by atoms with Gasteiger partial charge in [0.25, 0.3) is 17.7 Å². The van der Waals surface area contributed by atoms with Crippen LogP contribution in [0.5, 0.6) is 0 Å². The molecule has 1 saturated heterocycles. The number of benzene rings is 2. The summed E-state index contributed by atoms with van der Waals surface area (Å²) < 4.78 is 13.8. The summed E-state index contributed by atoms with van der Waals surface area (Å²) in [5, 5.41) is 0. The maximum absolute atomic E-state index is 13.8. The quantitative estimate of drug-likeness (QED) is 0.691. The maximum atomic E-state index is 13.8. The highest BCUT2D eigenvalue weighted by Gasteiger charge is 2.34. The molecule has 0 atom stereocenters. The summed E-state index contributed by atoms with van der Waals surface area (Å²) in [5.41, 5.74) is 0.826. The molecule has 1 fully saturated rings. The number of amides is 4. The fourth-order valence-corrected chi connectivity index (χ4v) is 3.95. The zero-order valence-electron chi connectivity index (χ0n) is 16.9. The molecule has 4 rings (SSSR count). The third-order valence-electron chi connectivity index (χ3n) is 5.67. The van der Waals surface area contributed by atoms with Gasteiger partial charge in [0.2, 0.25) is 5.91 Å². The molecule has 7 nitrogen and oxygen atoms in total. The largest absolute Gasteiger partial charge is 0.339 e. The molecule has 2 aliphatic heterocycles. The summed E-state index contributed by atoms with van der Waals surface area (Å²) in [7, 11) is 0. The summed E-state index contributed by atoms with van der Waals surface area (Å²) in [6, 6.07) is 12.5. The Labute approximate surface area is 179 Å². The van der Waals surface area contributed by atoms with Crippen LogP contribution < -0.4 is 0 Å². The molecule has 2 heterocycles. The molecule has 2 aromatic rings. The van der Waals surface area contributed by atoms with Gasteiger partial charge in [-0.05, 0) is 30.7 Å². The van der Waals surface area contributed by atoms with Gasteiger partial charge in [-0.25, -0.2) is 4.39 Å². The van der Waals surface area contributed by atoms with Crippen molar-refractivity contribution in [2.24, 2.45) is 0 Å². The summed E-state index contributed by atoms with van der Waals surface area (Å²) in [6.07, 6.45) is 0.577. The number of rotatable bonds is 5. The van der Waals surface area contributed by atoms with E-state index in [0.717, 1.165) is 0 Å². The minimum Gasteiger partial charge on any atom is -0.339 e. The third kappa shape index (κ3) is 4.05. The average Bonchev–Trinajstić information content (AvgIpc) is 3.04. The van der Waals surface area contributed by atoms with Crippen LogP contribution >= 0.6 is 0 Å². The second kappa shape index (κ2) is 8.67. The second-order valence-electron chi connectivity index (χ2n) is 7.56. The van der Waals surface area contributed by atoms with Gasteiger partial charge in [0.1, 0.15) is 5.82 Å². The highest BCUT2D eigenvalue weighted by Crippen LogP contribution is 2.22. The van der Waals surface area contributed by atoms with Crippen LogP contribution in [0.2, 0.25) is 0 Å². The topological polar surface area (TPSA) is 78.0 Å². The summed E-state index contributed by atoms with van der Waals surface area (Å²) in [6.45, 7) is 1.58. The van der Waals surface area contributed by atoms with Crippen LogP contribution in [0.3, 0.4) is 0 Å². The highest BCUT2D eigenvalue weighted by molar-refractivity contribution is 6.21. The first-order valence-electron chi connectivity index (χ1n) is 10.2. The first-order chi connectivity index (χ1) is 15.0. The van der Waals surface area contributed by atoms with Gasteiger partial charge in [-0.1, -0.05) is 24.3 Å². The molecule has 0 N–H and O–H groups in total. The van der Waals surface area contributed by atoms with Crippen LogP contribution in [-0.4, -0.2) is 71.1 Å². The van der Waals surface area contributed by atoms with Gasteiger partial charge in [0.15, 0.2) is 0 Å². The van der Waals surface area contributed by atoms with Crippen molar-refractivity contribution in [3.05, 3.63) is 71.0 Å². The normalized spacial score (nSPS) is 16.0. The van der Waals surface area contributed by atoms with Crippen molar-refractivity contribution in [3.63, 3.8) is 0 Å². The fourth-order valence-electron chi connectivity index (χ4n) is 3.95. The number of carbonyl (C=O) groups excluding carboxylic acids is 4. The molecule has 0 spiro atoms. The molecule has 0 aromatic heterocycles. The predicted molar refractivity (Wildman–Crippen MR) is 110 cm³/mol. The summed E-state index contributed by atoms with van der Waals surface area (Å²) in [5.74, 6) is -1.67. The van der Waals surface area contributed by atoms with Gasteiger partial charge in [-0.3, -0.25) is 24.1 Å². The molecular weight excluding hydrogens is 401 g/mol. The Morgan fingerprint density at radius 2 is 1.35 bits per heavy atom. The number of piperazine rings is 1. The van der Waals surface area contributed by atoms with E-state index in [4.69, 9.17) is 0 Å². The third-order valence-corrected chi connectivity index (χ3v) is 5.67. The van der Waals surface area contributed by atoms with E-state index in [1.807, 2.05) is 0 Å². The van der Waals surface area contributed by atoms with Crippen LogP contribution in [0.1, 0.15) is 43.9 Å². The molecule has 8 heteroatoms. The van der Waals surface area contributed by atoms with Crippen LogP contribution in [0, 0.1) is 5.82 Å². The van der Waals surface area contributed by atoms with E-state index in [-0.39, 0.29) is 42.2 Å². The molecule has 0 bridgehead atoms. The lowest BCUT2D eigenvalue weighted by Crippen LogP contribution is -2.50. The Morgan fingerprint density at radius 1 is 0.806 bits per heavy atom. The van der Waals surface area contributed by atoms with Gasteiger partial charge in [-0.15, -0.1) is 0 Å². The highest BCUT2D eigenvalue weighted by atomic mass is 19.1. The first-order valence-corrected chi connectivity index (χ1v) is 10.2.